The second-order valence-corrected chi connectivity index (χ2v) is 12.2. The van der Waals surface area contributed by atoms with Gasteiger partial charge in [-0.15, -0.1) is 0 Å². The highest BCUT2D eigenvalue weighted by Gasteiger charge is 2.02. The summed E-state index contributed by atoms with van der Waals surface area (Å²) in [7, 11) is 0. The number of carbonyl (C=O) groups excluding carboxylic acids is 2. The standard InChI is InChI=1S/C22H42O2.C8H14O2.C8H8.C4H6O2/c1-4-5-6-7-8-9-10-11-12-13-14-15-16-17-18-19-20-24-22(23)21(2)3;1-4-5-6-10-8(9)7(2)3;1-2-8-6-4-3-5-7-8;1-3(2)4(5)6/h2,4-20H2,1,3H3;2,4-6H2,1,3H3;2-7H,1H2;1H2,2H3,(H,5,6). The lowest BCUT2D eigenvalue weighted by molar-refractivity contribution is -0.139. The van der Waals surface area contributed by atoms with Crippen molar-refractivity contribution in [1.82, 2.24) is 0 Å². The fourth-order valence-electron chi connectivity index (χ4n) is 3.96. The van der Waals surface area contributed by atoms with Gasteiger partial charge in [0, 0.05) is 16.7 Å². The monoisotopic (exact) mass is 671 g/mol. The largest absolute Gasteiger partial charge is 0.478 e. The fourth-order valence-corrected chi connectivity index (χ4v) is 3.96. The minimum atomic E-state index is -0.935. The predicted molar refractivity (Wildman–Crippen MR) is 205 cm³/mol. The summed E-state index contributed by atoms with van der Waals surface area (Å²) < 4.78 is 9.89. The summed E-state index contributed by atoms with van der Waals surface area (Å²) in [5.41, 5.74) is 2.31. The van der Waals surface area contributed by atoms with Gasteiger partial charge in [-0.3, -0.25) is 0 Å². The van der Waals surface area contributed by atoms with Crippen LogP contribution in [0, 0.1) is 0 Å². The highest BCUT2D eigenvalue weighted by Crippen LogP contribution is 2.13. The highest BCUT2D eigenvalue weighted by molar-refractivity contribution is 5.87. The van der Waals surface area contributed by atoms with Crippen LogP contribution in [0.15, 0.2) is 73.4 Å². The Balaban J connectivity index is -0.000000681. The van der Waals surface area contributed by atoms with Gasteiger partial charge in [0.2, 0.25) is 0 Å². The minimum Gasteiger partial charge on any atom is -0.478 e. The van der Waals surface area contributed by atoms with Gasteiger partial charge in [-0.2, -0.15) is 0 Å². The first-order chi connectivity index (χ1) is 22.9. The number of hydrogen-bond donors (Lipinski definition) is 1. The fraction of sp³-hybridized carbons (Fsp3) is 0.595. The number of benzene rings is 1. The molecule has 1 rings (SSSR count). The maximum absolute atomic E-state index is 11.2. The SMILES string of the molecule is C=C(C)C(=O)O.C=C(C)C(=O)OCCCC.C=C(C)C(=O)OCCCCCCCCCCCCCCCCCC.C=Cc1ccccc1. The van der Waals surface area contributed by atoms with Crippen molar-refractivity contribution in [3.05, 3.63) is 78.9 Å². The smallest absolute Gasteiger partial charge is 0.333 e. The van der Waals surface area contributed by atoms with E-state index in [9.17, 15) is 14.4 Å². The van der Waals surface area contributed by atoms with Gasteiger partial charge in [0.1, 0.15) is 0 Å². The summed E-state index contributed by atoms with van der Waals surface area (Å²) in [6, 6.07) is 10.0. The molecule has 0 amide bonds. The number of aliphatic carboxylic acids is 1. The minimum absolute atomic E-state index is 0.176. The van der Waals surface area contributed by atoms with Crippen LogP contribution in [0.1, 0.15) is 156 Å². The molecule has 0 spiro atoms. The van der Waals surface area contributed by atoms with Gasteiger partial charge >= 0.3 is 17.9 Å². The number of ether oxygens (including phenoxy) is 2. The molecule has 0 aliphatic carbocycles. The van der Waals surface area contributed by atoms with Crippen molar-refractivity contribution in [3.63, 3.8) is 0 Å². The zero-order valence-electron chi connectivity index (χ0n) is 31.4. The van der Waals surface area contributed by atoms with Crippen LogP contribution in [0.4, 0.5) is 0 Å². The second kappa shape index (κ2) is 38.0. The maximum Gasteiger partial charge on any atom is 0.333 e. The lowest BCUT2D eigenvalue weighted by Gasteiger charge is -2.05. The van der Waals surface area contributed by atoms with Gasteiger partial charge in [-0.1, -0.05) is 179 Å². The van der Waals surface area contributed by atoms with Crippen LogP contribution in [-0.2, 0) is 23.9 Å². The van der Waals surface area contributed by atoms with Crippen molar-refractivity contribution in [1.29, 1.82) is 0 Å². The Hall–Kier alpha value is -3.41. The summed E-state index contributed by atoms with van der Waals surface area (Å²) in [6.07, 6.45) is 25.5. The molecule has 0 bridgehead atoms. The zero-order valence-corrected chi connectivity index (χ0v) is 31.4. The normalized spacial score (nSPS) is 9.60. The number of hydrogen-bond acceptors (Lipinski definition) is 5. The molecule has 0 aromatic heterocycles. The van der Waals surface area contributed by atoms with Gasteiger partial charge in [0.25, 0.3) is 0 Å². The first kappa shape index (κ1) is 49.0. The Labute approximate surface area is 294 Å². The summed E-state index contributed by atoms with van der Waals surface area (Å²) in [5.74, 6) is -1.47. The predicted octanol–water partition coefficient (Wildman–Crippen LogP) is 12.2. The van der Waals surface area contributed by atoms with Crippen LogP contribution in [0.2, 0.25) is 0 Å². The van der Waals surface area contributed by atoms with Crippen LogP contribution in [0.25, 0.3) is 6.08 Å². The van der Waals surface area contributed by atoms with E-state index in [4.69, 9.17) is 14.6 Å². The number of carboxylic acid groups (broad SMARTS) is 1. The van der Waals surface area contributed by atoms with Gasteiger partial charge in [-0.25, -0.2) is 14.4 Å². The first-order valence-electron chi connectivity index (χ1n) is 18.2. The summed E-state index contributed by atoms with van der Waals surface area (Å²) >= 11 is 0. The highest BCUT2D eigenvalue weighted by atomic mass is 16.5. The molecular formula is C42H70O6. The van der Waals surface area contributed by atoms with Crippen molar-refractivity contribution in [2.75, 3.05) is 13.2 Å². The number of unbranched alkanes of at least 4 members (excludes halogenated alkanes) is 16. The second-order valence-electron chi connectivity index (χ2n) is 12.2. The topological polar surface area (TPSA) is 89.9 Å². The third-order valence-electron chi connectivity index (χ3n) is 7.06. The van der Waals surface area contributed by atoms with Gasteiger partial charge in [0.05, 0.1) is 13.2 Å². The average molecular weight is 671 g/mol. The van der Waals surface area contributed by atoms with Gasteiger partial charge in [-0.05, 0) is 39.2 Å². The Morgan fingerprint density at radius 3 is 1.15 bits per heavy atom. The van der Waals surface area contributed by atoms with Crippen molar-refractivity contribution < 1.29 is 29.0 Å². The number of esters is 2. The Morgan fingerprint density at radius 2 is 0.875 bits per heavy atom. The molecule has 0 saturated heterocycles. The third-order valence-corrected chi connectivity index (χ3v) is 7.06. The van der Waals surface area contributed by atoms with Crippen LogP contribution in [0.5, 0.6) is 0 Å². The lowest BCUT2D eigenvalue weighted by Crippen LogP contribution is -2.05. The Kier molecular flexibility index (Phi) is 38.8. The molecule has 0 fully saturated rings. The van der Waals surface area contributed by atoms with Crippen molar-refractivity contribution in [3.8, 4) is 0 Å². The van der Waals surface area contributed by atoms with Crippen LogP contribution in [0.3, 0.4) is 0 Å². The number of carboxylic acids is 1. The third kappa shape index (κ3) is 40.6. The van der Waals surface area contributed by atoms with E-state index in [1.54, 1.807) is 13.8 Å². The van der Waals surface area contributed by atoms with E-state index >= 15 is 0 Å². The quantitative estimate of drug-likeness (QED) is 0.0669. The van der Waals surface area contributed by atoms with Crippen molar-refractivity contribution in [2.24, 2.45) is 0 Å². The molecule has 0 aliphatic heterocycles. The molecular weight excluding hydrogens is 600 g/mol. The summed E-state index contributed by atoms with van der Waals surface area (Å²) in [5, 5.41) is 7.89. The average Bonchev–Trinajstić information content (AvgIpc) is 3.07. The zero-order chi connectivity index (χ0) is 36.8. The number of rotatable bonds is 24. The molecule has 1 aromatic rings. The molecule has 6 nitrogen and oxygen atoms in total. The Morgan fingerprint density at radius 1 is 0.562 bits per heavy atom. The molecule has 0 heterocycles. The van der Waals surface area contributed by atoms with E-state index in [1.165, 1.54) is 109 Å². The van der Waals surface area contributed by atoms with Crippen molar-refractivity contribution >= 4 is 24.0 Å². The van der Waals surface area contributed by atoms with E-state index in [1.807, 2.05) is 36.4 Å². The molecule has 274 valence electrons. The van der Waals surface area contributed by atoms with E-state index in [0.717, 1.165) is 19.3 Å². The molecule has 1 N–H and O–H groups in total. The molecule has 0 atom stereocenters. The van der Waals surface area contributed by atoms with Crippen LogP contribution >= 0.6 is 0 Å². The van der Waals surface area contributed by atoms with Gasteiger partial charge in [0.15, 0.2) is 0 Å². The lowest BCUT2D eigenvalue weighted by atomic mass is 10.0. The van der Waals surface area contributed by atoms with Crippen LogP contribution in [-0.4, -0.2) is 36.2 Å². The molecule has 0 saturated carbocycles. The van der Waals surface area contributed by atoms with Gasteiger partial charge < -0.3 is 14.6 Å². The first-order valence-corrected chi connectivity index (χ1v) is 18.2. The molecule has 0 radical (unpaired) electrons. The molecule has 48 heavy (non-hydrogen) atoms. The van der Waals surface area contributed by atoms with E-state index in [-0.39, 0.29) is 17.5 Å². The molecule has 1 aromatic carbocycles. The van der Waals surface area contributed by atoms with E-state index in [2.05, 4.69) is 40.2 Å². The van der Waals surface area contributed by atoms with E-state index in [0.29, 0.717) is 24.4 Å². The maximum atomic E-state index is 11.2. The molecule has 0 aliphatic rings. The Bertz CT molecular complexity index is 967. The number of carbonyl (C=O) groups is 3. The van der Waals surface area contributed by atoms with E-state index < -0.39 is 5.97 Å². The van der Waals surface area contributed by atoms with Crippen LogP contribution < -0.4 is 0 Å². The summed E-state index contributed by atoms with van der Waals surface area (Å²) in [6.45, 7) is 24.0. The molecule has 0 unspecified atom stereocenters. The summed E-state index contributed by atoms with van der Waals surface area (Å²) in [4.78, 5) is 31.5. The molecule has 6 heteroatoms. The van der Waals surface area contributed by atoms with Crippen molar-refractivity contribution in [2.45, 2.75) is 150 Å².